The summed E-state index contributed by atoms with van der Waals surface area (Å²) in [6, 6.07) is 7.06. The van der Waals surface area contributed by atoms with Crippen LogP contribution in [0.2, 0.25) is 5.02 Å². The fourth-order valence-corrected chi connectivity index (χ4v) is 5.70. The van der Waals surface area contributed by atoms with E-state index in [0.29, 0.717) is 46.4 Å². The van der Waals surface area contributed by atoms with Gasteiger partial charge < -0.3 is 19.5 Å². The monoisotopic (exact) mass is 468 g/mol. The van der Waals surface area contributed by atoms with Gasteiger partial charge in [0.1, 0.15) is 23.3 Å². The van der Waals surface area contributed by atoms with Crippen molar-refractivity contribution < 1.29 is 27.4 Å². The Morgan fingerprint density at radius 1 is 1.10 bits per heavy atom. The molecule has 1 fully saturated rings. The summed E-state index contributed by atoms with van der Waals surface area (Å²) in [5, 5.41) is 3.09. The molecule has 0 spiro atoms. The lowest BCUT2D eigenvalue weighted by Crippen LogP contribution is -2.43. The summed E-state index contributed by atoms with van der Waals surface area (Å²) in [7, 11) is 0.474. The molecule has 1 aliphatic heterocycles. The van der Waals surface area contributed by atoms with Gasteiger partial charge in [-0.2, -0.15) is 4.31 Å². The molecule has 1 aliphatic rings. The lowest BCUT2D eigenvalue weighted by Gasteiger charge is -2.25. The molecule has 168 valence electrons. The number of aryl methyl sites for hydroxylation is 1. The molecule has 8 nitrogen and oxygen atoms in total. The number of nitrogens with zero attached hydrogens (tertiary/aromatic N) is 1. The molecular formula is C21H25ClN2O6S. The van der Waals surface area contributed by atoms with Gasteiger partial charge in [0, 0.05) is 24.7 Å². The number of benzene rings is 2. The molecular weight excluding hydrogens is 444 g/mol. The predicted molar refractivity (Wildman–Crippen MR) is 118 cm³/mol. The van der Waals surface area contributed by atoms with E-state index in [1.54, 1.807) is 25.1 Å². The standard InChI is InChI=1S/C21H25ClN2O6S/c1-13-7-8-14(28-2)10-20(13)31(26,27)24-9-5-6-17(24)21(25)23-16-12-18(29-3)15(22)11-19(16)30-4/h7-8,10-12,17H,5-6,9H2,1-4H3,(H,23,25). The summed E-state index contributed by atoms with van der Waals surface area (Å²) in [6.45, 7) is 1.96. The number of hydrogen-bond donors (Lipinski definition) is 1. The highest BCUT2D eigenvalue weighted by Gasteiger charge is 2.40. The predicted octanol–water partition coefficient (Wildman–Crippen LogP) is 3.47. The number of ether oxygens (including phenoxy) is 3. The van der Waals surface area contributed by atoms with E-state index in [9.17, 15) is 13.2 Å². The van der Waals surface area contributed by atoms with Crippen LogP contribution < -0.4 is 19.5 Å². The van der Waals surface area contributed by atoms with Gasteiger partial charge in [0.25, 0.3) is 0 Å². The van der Waals surface area contributed by atoms with Crippen LogP contribution in [0.5, 0.6) is 17.2 Å². The number of nitrogens with one attached hydrogen (secondary N) is 1. The zero-order valence-electron chi connectivity index (χ0n) is 17.8. The maximum Gasteiger partial charge on any atom is 0.244 e. The molecule has 10 heteroatoms. The molecule has 1 heterocycles. The molecule has 2 aromatic rings. The highest BCUT2D eigenvalue weighted by molar-refractivity contribution is 7.89. The summed E-state index contributed by atoms with van der Waals surface area (Å²) >= 11 is 6.12. The van der Waals surface area contributed by atoms with Gasteiger partial charge in [-0.1, -0.05) is 17.7 Å². The van der Waals surface area contributed by atoms with E-state index in [0.717, 1.165) is 0 Å². The zero-order valence-corrected chi connectivity index (χ0v) is 19.3. The molecule has 0 bridgehead atoms. The van der Waals surface area contributed by atoms with Gasteiger partial charge in [0.2, 0.25) is 15.9 Å². The number of amides is 1. The fourth-order valence-electron chi connectivity index (χ4n) is 3.58. The van der Waals surface area contributed by atoms with Crippen LogP contribution in [0.3, 0.4) is 0 Å². The number of halogens is 1. The van der Waals surface area contributed by atoms with Gasteiger partial charge in [0.05, 0.1) is 36.9 Å². The second-order valence-electron chi connectivity index (χ2n) is 7.08. The molecule has 1 N–H and O–H groups in total. The van der Waals surface area contributed by atoms with Crippen molar-refractivity contribution in [1.29, 1.82) is 0 Å². The lowest BCUT2D eigenvalue weighted by molar-refractivity contribution is -0.119. The van der Waals surface area contributed by atoms with Gasteiger partial charge in [-0.25, -0.2) is 8.42 Å². The van der Waals surface area contributed by atoms with Crippen molar-refractivity contribution in [2.45, 2.75) is 30.7 Å². The second-order valence-corrected chi connectivity index (χ2v) is 9.35. The number of carbonyl (C=O) groups excluding carboxylic acids is 1. The third kappa shape index (κ3) is 4.58. The Morgan fingerprint density at radius 3 is 2.45 bits per heavy atom. The maximum absolute atomic E-state index is 13.4. The van der Waals surface area contributed by atoms with E-state index in [1.165, 1.54) is 37.8 Å². The van der Waals surface area contributed by atoms with Crippen molar-refractivity contribution in [3.63, 3.8) is 0 Å². The van der Waals surface area contributed by atoms with E-state index in [4.69, 9.17) is 25.8 Å². The van der Waals surface area contributed by atoms with Crippen molar-refractivity contribution in [3.05, 3.63) is 40.9 Å². The Morgan fingerprint density at radius 2 is 1.81 bits per heavy atom. The van der Waals surface area contributed by atoms with Gasteiger partial charge in [-0.05, 0) is 31.4 Å². The zero-order chi connectivity index (χ0) is 22.8. The number of hydrogen-bond acceptors (Lipinski definition) is 6. The van der Waals surface area contributed by atoms with Crippen LogP contribution in [0.1, 0.15) is 18.4 Å². The van der Waals surface area contributed by atoms with Gasteiger partial charge in [-0.3, -0.25) is 4.79 Å². The average molecular weight is 469 g/mol. The van der Waals surface area contributed by atoms with E-state index < -0.39 is 22.0 Å². The Balaban J connectivity index is 1.91. The summed E-state index contributed by atoms with van der Waals surface area (Å²) < 4.78 is 43.7. The van der Waals surface area contributed by atoms with Gasteiger partial charge in [0.15, 0.2) is 0 Å². The van der Waals surface area contributed by atoms with Crippen LogP contribution >= 0.6 is 11.6 Å². The summed E-state index contributed by atoms with van der Waals surface area (Å²) in [5.74, 6) is 0.683. The lowest BCUT2D eigenvalue weighted by atomic mass is 10.2. The highest BCUT2D eigenvalue weighted by atomic mass is 35.5. The van der Waals surface area contributed by atoms with Crippen molar-refractivity contribution >= 4 is 33.2 Å². The normalized spacial score (nSPS) is 16.7. The summed E-state index contributed by atoms with van der Waals surface area (Å²) in [4.78, 5) is 13.2. The first kappa shape index (κ1) is 23.2. The molecule has 0 aliphatic carbocycles. The van der Waals surface area contributed by atoms with Crippen molar-refractivity contribution in [3.8, 4) is 17.2 Å². The first-order valence-electron chi connectivity index (χ1n) is 9.61. The maximum atomic E-state index is 13.4. The Kier molecular flexibility index (Phi) is 6.98. The van der Waals surface area contributed by atoms with Crippen LogP contribution in [-0.2, 0) is 14.8 Å². The van der Waals surface area contributed by atoms with Crippen LogP contribution in [-0.4, -0.2) is 52.5 Å². The minimum absolute atomic E-state index is 0.122. The number of methoxy groups -OCH3 is 3. The molecule has 1 saturated heterocycles. The van der Waals surface area contributed by atoms with Crippen molar-refractivity contribution in [1.82, 2.24) is 4.31 Å². The first-order chi connectivity index (χ1) is 14.7. The number of anilines is 1. The summed E-state index contributed by atoms with van der Waals surface area (Å²) in [5.41, 5.74) is 0.923. The Hall–Kier alpha value is -2.49. The molecule has 3 rings (SSSR count). The number of carbonyl (C=O) groups is 1. The quantitative estimate of drug-likeness (QED) is 0.668. The van der Waals surface area contributed by atoms with Gasteiger partial charge in [-0.15, -0.1) is 0 Å². The van der Waals surface area contributed by atoms with E-state index in [-0.39, 0.29) is 11.4 Å². The molecule has 0 aromatic heterocycles. The van der Waals surface area contributed by atoms with Crippen molar-refractivity contribution in [2.24, 2.45) is 0 Å². The van der Waals surface area contributed by atoms with E-state index in [2.05, 4.69) is 5.32 Å². The molecule has 31 heavy (non-hydrogen) atoms. The third-order valence-electron chi connectivity index (χ3n) is 5.22. The third-order valence-corrected chi connectivity index (χ3v) is 7.57. The largest absolute Gasteiger partial charge is 0.497 e. The second kappa shape index (κ2) is 9.33. The fraction of sp³-hybridized carbons (Fsp3) is 0.381. The number of sulfonamides is 1. The average Bonchev–Trinajstić information content (AvgIpc) is 3.26. The summed E-state index contributed by atoms with van der Waals surface area (Å²) in [6.07, 6.45) is 0.975. The topological polar surface area (TPSA) is 94.2 Å². The smallest absolute Gasteiger partial charge is 0.244 e. The van der Waals surface area contributed by atoms with Crippen LogP contribution in [0.25, 0.3) is 0 Å². The first-order valence-corrected chi connectivity index (χ1v) is 11.4. The van der Waals surface area contributed by atoms with Gasteiger partial charge >= 0.3 is 0 Å². The number of rotatable bonds is 7. The SMILES string of the molecule is COc1ccc(C)c(S(=O)(=O)N2CCCC2C(=O)Nc2cc(OC)c(Cl)cc2OC)c1. The molecule has 2 aromatic carbocycles. The minimum atomic E-state index is -3.91. The molecule has 1 unspecified atom stereocenters. The van der Waals surface area contributed by atoms with E-state index in [1.807, 2.05) is 0 Å². The Bertz CT molecular complexity index is 1090. The Labute approximate surface area is 187 Å². The minimum Gasteiger partial charge on any atom is -0.497 e. The molecule has 1 amide bonds. The van der Waals surface area contributed by atoms with Crippen LogP contribution in [0, 0.1) is 6.92 Å². The van der Waals surface area contributed by atoms with Crippen LogP contribution in [0.15, 0.2) is 35.2 Å². The van der Waals surface area contributed by atoms with Crippen molar-refractivity contribution in [2.75, 3.05) is 33.2 Å². The van der Waals surface area contributed by atoms with E-state index >= 15 is 0 Å². The molecule has 0 saturated carbocycles. The molecule has 1 atom stereocenters. The van der Waals surface area contributed by atoms with Crippen LogP contribution in [0.4, 0.5) is 5.69 Å². The molecule has 0 radical (unpaired) electrons. The highest BCUT2D eigenvalue weighted by Crippen LogP contribution is 2.37.